The highest BCUT2D eigenvalue weighted by molar-refractivity contribution is 6.42. The normalized spacial score (nSPS) is 14.3. The molecule has 130 valence electrons. The fourth-order valence-electron chi connectivity index (χ4n) is 2.58. The third-order valence-corrected chi connectivity index (χ3v) is 4.68. The second kappa shape index (κ2) is 7.72. The van der Waals surface area contributed by atoms with Crippen molar-refractivity contribution in [2.24, 2.45) is 0 Å². The number of nitrogens with zero attached hydrogens (tertiary/aromatic N) is 3. The molecule has 0 bridgehead atoms. The van der Waals surface area contributed by atoms with Crippen LogP contribution in [0.15, 0.2) is 36.7 Å². The molecular weight excluding hydrogens is 363 g/mol. The molecule has 1 N–H and O–H groups in total. The van der Waals surface area contributed by atoms with E-state index in [1.165, 1.54) is 6.20 Å². The molecule has 0 aliphatic carbocycles. The summed E-state index contributed by atoms with van der Waals surface area (Å²) >= 11 is 11.9. The van der Waals surface area contributed by atoms with E-state index in [0.717, 1.165) is 12.1 Å². The van der Waals surface area contributed by atoms with Crippen molar-refractivity contribution in [3.8, 4) is 0 Å². The number of nitrogens with one attached hydrogen (secondary N) is 1. The Balaban J connectivity index is 1.71. The van der Waals surface area contributed by atoms with Gasteiger partial charge in [-0.15, -0.1) is 0 Å². The van der Waals surface area contributed by atoms with Gasteiger partial charge in [-0.1, -0.05) is 23.2 Å². The first kappa shape index (κ1) is 17.5. The van der Waals surface area contributed by atoms with Crippen LogP contribution in [0.5, 0.6) is 0 Å². The van der Waals surface area contributed by atoms with Gasteiger partial charge in [0, 0.05) is 38.1 Å². The monoisotopic (exact) mass is 378 g/mol. The molecule has 8 heteroatoms. The lowest BCUT2D eigenvalue weighted by atomic mass is 10.2. The van der Waals surface area contributed by atoms with Crippen LogP contribution in [0.25, 0.3) is 0 Å². The first-order chi connectivity index (χ1) is 12.1. The number of benzene rings is 1. The Labute approximate surface area is 155 Å². The zero-order valence-electron chi connectivity index (χ0n) is 13.3. The molecule has 25 heavy (non-hydrogen) atoms. The number of halogens is 2. The van der Waals surface area contributed by atoms with Gasteiger partial charge in [-0.05, 0) is 24.3 Å². The Morgan fingerprint density at radius 3 is 2.48 bits per heavy atom. The summed E-state index contributed by atoms with van der Waals surface area (Å²) in [7, 11) is 0. The lowest BCUT2D eigenvalue weighted by Gasteiger charge is -2.32. The van der Waals surface area contributed by atoms with E-state index in [1.807, 2.05) is 0 Å². The van der Waals surface area contributed by atoms with Gasteiger partial charge in [0.05, 0.1) is 27.5 Å². The highest BCUT2D eigenvalue weighted by Crippen LogP contribution is 2.27. The topological polar surface area (TPSA) is 65.5 Å². The summed E-state index contributed by atoms with van der Waals surface area (Å²) in [6.45, 7) is 2.12. The molecule has 1 fully saturated rings. The smallest absolute Gasteiger partial charge is 0.255 e. The third kappa shape index (κ3) is 4.21. The van der Waals surface area contributed by atoms with E-state index in [1.54, 1.807) is 40.3 Å². The van der Waals surface area contributed by atoms with Gasteiger partial charge in [0.25, 0.3) is 5.91 Å². The fraction of sp³-hybridized carbons (Fsp3) is 0.235. The van der Waals surface area contributed by atoms with Crippen molar-refractivity contribution in [1.82, 2.24) is 14.8 Å². The summed E-state index contributed by atoms with van der Waals surface area (Å²) in [5.74, 6) is -0.101. The van der Waals surface area contributed by atoms with Gasteiger partial charge in [-0.3, -0.25) is 14.6 Å². The summed E-state index contributed by atoms with van der Waals surface area (Å²) in [6.07, 6.45) is 3.98. The zero-order valence-corrected chi connectivity index (χ0v) is 14.8. The minimum Gasteiger partial charge on any atom is -0.354 e. The van der Waals surface area contributed by atoms with E-state index in [0.29, 0.717) is 47.5 Å². The maximum absolute atomic E-state index is 12.6. The number of amides is 2. The van der Waals surface area contributed by atoms with E-state index in [-0.39, 0.29) is 5.91 Å². The number of rotatable bonds is 4. The van der Waals surface area contributed by atoms with Crippen LogP contribution in [0, 0.1) is 0 Å². The van der Waals surface area contributed by atoms with Crippen LogP contribution in [0.2, 0.25) is 10.0 Å². The quantitative estimate of drug-likeness (QED) is 0.830. The first-order valence-corrected chi connectivity index (χ1v) is 8.48. The van der Waals surface area contributed by atoms with Crippen molar-refractivity contribution in [2.75, 3.05) is 31.5 Å². The van der Waals surface area contributed by atoms with Gasteiger partial charge in [-0.25, -0.2) is 0 Å². The number of pyridine rings is 1. The maximum Gasteiger partial charge on any atom is 0.255 e. The van der Waals surface area contributed by atoms with Gasteiger partial charge in [-0.2, -0.15) is 0 Å². The Kier molecular flexibility index (Phi) is 5.40. The van der Waals surface area contributed by atoms with Crippen LogP contribution in [-0.2, 0) is 4.79 Å². The summed E-state index contributed by atoms with van der Waals surface area (Å²) in [5.41, 5.74) is 1.92. The van der Waals surface area contributed by atoms with Crippen LogP contribution in [0.4, 0.5) is 11.4 Å². The molecule has 0 unspecified atom stereocenters. The number of hydrogen-bond donors (Lipinski definition) is 1. The molecule has 3 rings (SSSR count). The molecule has 1 aliphatic rings. The van der Waals surface area contributed by atoms with Gasteiger partial charge in [0.15, 0.2) is 0 Å². The third-order valence-electron chi connectivity index (χ3n) is 3.94. The molecule has 6 nitrogen and oxygen atoms in total. The van der Waals surface area contributed by atoms with E-state index in [4.69, 9.17) is 23.2 Å². The second-order valence-electron chi connectivity index (χ2n) is 5.65. The standard InChI is InChI=1S/C17H16Cl2N4O2/c18-15-2-1-13(8-16(15)19)21-14-7-12(9-20-10-14)17(25)23-5-3-22(11-24)4-6-23/h1-2,7-11,21H,3-6H2. The second-order valence-corrected chi connectivity index (χ2v) is 6.46. The highest BCUT2D eigenvalue weighted by Gasteiger charge is 2.21. The van der Waals surface area contributed by atoms with Gasteiger partial charge < -0.3 is 15.1 Å². The van der Waals surface area contributed by atoms with Crippen molar-refractivity contribution in [3.63, 3.8) is 0 Å². The molecule has 2 amide bonds. The van der Waals surface area contributed by atoms with Crippen LogP contribution >= 0.6 is 23.2 Å². The molecule has 0 saturated carbocycles. The van der Waals surface area contributed by atoms with E-state index >= 15 is 0 Å². The maximum atomic E-state index is 12.6. The number of hydrogen-bond acceptors (Lipinski definition) is 4. The molecule has 2 aromatic rings. The SMILES string of the molecule is O=CN1CCN(C(=O)c2cncc(Nc3ccc(Cl)c(Cl)c3)c2)CC1. The number of aromatic nitrogens is 1. The highest BCUT2D eigenvalue weighted by atomic mass is 35.5. The van der Waals surface area contributed by atoms with Crippen LogP contribution in [0.1, 0.15) is 10.4 Å². The van der Waals surface area contributed by atoms with Crippen molar-refractivity contribution in [1.29, 1.82) is 0 Å². The molecule has 0 atom stereocenters. The lowest BCUT2D eigenvalue weighted by Crippen LogP contribution is -2.48. The minimum absolute atomic E-state index is 0.101. The molecule has 1 aliphatic heterocycles. The summed E-state index contributed by atoms with van der Waals surface area (Å²) in [5, 5.41) is 4.08. The molecule has 1 saturated heterocycles. The Morgan fingerprint density at radius 1 is 1.04 bits per heavy atom. The predicted octanol–water partition coefficient (Wildman–Crippen LogP) is 3.05. The van der Waals surface area contributed by atoms with E-state index in [9.17, 15) is 9.59 Å². The van der Waals surface area contributed by atoms with Crippen molar-refractivity contribution < 1.29 is 9.59 Å². The summed E-state index contributed by atoms with van der Waals surface area (Å²) in [6, 6.07) is 6.93. The predicted molar refractivity (Wildman–Crippen MR) is 97.5 cm³/mol. The molecule has 1 aromatic carbocycles. The van der Waals surface area contributed by atoms with Crippen molar-refractivity contribution >= 4 is 46.9 Å². The van der Waals surface area contributed by atoms with Crippen LogP contribution in [-0.4, -0.2) is 53.3 Å². The Hall–Kier alpha value is -2.31. The molecule has 0 spiro atoms. The molecule has 1 aromatic heterocycles. The van der Waals surface area contributed by atoms with Gasteiger partial charge >= 0.3 is 0 Å². The lowest BCUT2D eigenvalue weighted by molar-refractivity contribution is -0.119. The summed E-state index contributed by atoms with van der Waals surface area (Å²) in [4.78, 5) is 30.9. The largest absolute Gasteiger partial charge is 0.354 e. The molecule has 2 heterocycles. The van der Waals surface area contributed by atoms with Gasteiger partial charge in [0.2, 0.25) is 6.41 Å². The molecule has 0 radical (unpaired) electrons. The number of piperazine rings is 1. The van der Waals surface area contributed by atoms with Crippen molar-refractivity contribution in [3.05, 3.63) is 52.3 Å². The average Bonchev–Trinajstić information content (AvgIpc) is 2.64. The first-order valence-electron chi connectivity index (χ1n) is 7.72. The minimum atomic E-state index is -0.101. The van der Waals surface area contributed by atoms with E-state index < -0.39 is 0 Å². The van der Waals surface area contributed by atoms with Crippen molar-refractivity contribution in [2.45, 2.75) is 0 Å². The zero-order chi connectivity index (χ0) is 17.8. The Bertz CT molecular complexity index is 792. The van der Waals surface area contributed by atoms with Gasteiger partial charge in [0.1, 0.15) is 0 Å². The molecular formula is C17H16Cl2N4O2. The average molecular weight is 379 g/mol. The number of anilines is 2. The number of carbonyl (C=O) groups excluding carboxylic acids is 2. The fourth-order valence-corrected chi connectivity index (χ4v) is 2.88. The summed E-state index contributed by atoms with van der Waals surface area (Å²) < 4.78 is 0. The Morgan fingerprint density at radius 2 is 1.80 bits per heavy atom. The van der Waals surface area contributed by atoms with E-state index in [2.05, 4.69) is 10.3 Å². The van der Waals surface area contributed by atoms with Crippen LogP contribution < -0.4 is 5.32 Å². The number of carbonyl (C=O) groups is 2. The van der Waals surface area contributed by atoms with Crippen LogP contribution in [0.3, 0.4) is 0 Å².